The highest BCUT2D eigenvalue weighted by Crippen LogP contribution is 2.27. The van der Waals surface area contributed by atoms with Crippen molar-refractivity contribution in [2.75, 3.05) is 23.8 Å². The average molecular weight is 364 g/mol. The summed E-state index contributed by atoms with van der Waals surface area (Å²) < 4.78 is 1.26. The predicted octanol–water partition coefficient (Wildman–Crippen LogP) is 3.90. The van der Waals surface area contributed by atoms with Crippen molar-refractivity contribution in [3.63, 3.8) is 0 Å². The molecular formula is C16H17IN2. The second kappa shape index (κ2) is 5.41. The lowest BCUT2D eigenvalue weighted by Gasteiger charge is -2.13. The van der Waals surface area contributed by atoms with Gasteiger partial charge in [-0.3, -0.25) is 0 Å². The fourth-order valence-corrected chi connectivity index (χ4v) is 3.11. The van der Waals surface area contributed by atoms with Crippen LogP contribution in [0.5, 0.6) is 0 Å². The van der Waals surface area contributed by atoms with Crippen LogP contribution < -0.4 is 10.2 Å². The molecule has 1 N–H and O–H groups in total. The quantitative estimate of drug-likeness (QED) is 0.832. The van der Waals surface area contributed by atoms with Crippen LogP contribution in [0.15, 0.2) is 42.5 Å². The molecule has 0 aromatic heterocycles. The van der Waals surface area contributed by atoms with Gasteiger partial charge in [0.1, 0.15) is 0 Å². The molecule has 0 aliphatic carbocycles. The van der Waals surface area contributed by atoms with Gasteiger partial charge in [0.05, 0.1) is 0 Å². The summed E-state index contributed by atoms with van der Waals surface area (Å²) in [5, 5.41) is 3.51. The minimum atomic E-state index is 0.886. The number of nitrogens with one attached hydrogen (secondary N) is 1. The first kappa shape index (κ1) is 12.8. The zero-order chi connectivity index (χ0) is 13.2. The predicted molar refractivity (Wildman–Crippen MR) is 89.9 cm³/mol. The van der Waals surface area contributed by atoms with Crippen LogP contribution in [0.3, 0.4) is 0 Å². The van der Waals surface area contributed by atoms with E-state index >= 15 is 0 Å². The highest BCUT2D eigenvalue weighted by Gasteiger charge is 2.15. The van der Waals surface area contributed by atoms with Gasteiger partial charge in [0, 0.05) is 35.1 Å². The third-order valence-electron chi connectivity index (χ3n) is 3.63. The van der Waals surface area contributed by atoms with Gasteiger partial charge < -0.3 is 10.2 Å². The van der Waals surface area contributed by atoms with Gasteiger partial charge in [0.2, 0.25) is 0 Å². The van der Waals surface area contributed by atoms with Crippen molar-refractivity contribution in [2.24, 2.45) is 0 Å². The molecular weight excluding hydrogens is 347 g/mol. The standard InChI is InChI=1S/C16H17IN2/c1-19-9-8-13-10-12(6-7-16(13)19)11-18-15-5-3-2-4-14(15)17/h2-7,10,18H,8-9,11H2,1H3. The summed E-state index contributed by atoms with van der Waals surface area (Å²) in [5.74, 6) is 0. The number of fused-ring (bicyclic) bond motifs is 1. The Kier molecular flexibility index (Phi) is 3.64. The molecule has 2 aromatic carbocycles. The van der Waals surface area contributed by atoms with E-state index in [2.05, 4.69) is 82.3 Å². The Balaban J connectivity index is 1.73. The molecule has 1 aliphatic heterocycles. The smallest absolute Gasteiger partial charge is 0.0478 e. The van der Waals surface area contributed by atoms with Crippen molar-refractivity contribution >= 4 is 34.0 Å². The van der Waals surface area contributed by atoms with Crippen molar-refractivity contribution in [3.8, 4) is 0 Å². The largest absolute Gasteiger partial charge is 0.380 e. The summed E-state index contributed by atoms with van der Waals surface area (Å²) in [6.07, 6.45) is 1.17. The van der Waals surface area contributed by atoms with Crippen molar-refractivity contribution in [3.05, 3.63) is 57.2 Å². The molecule has 1 heterocycles. The normalized spacial score (nSPS) is 13.5. The molecule has 0 fully saturated rings. The van der Waals surface area contributed by atoms with Crippen molar-refractivity contribution in [1.29, 1.82) is 0 Å². The maximum Gasteiger partial charge on any atom is 0.0478 e. The zero-order valence-corrected chi connectivity index (χ0v) is 13.1. The number of benzene rings is 2. The monoisotopic (exact) mass is 364 g/mol. The van der Waals surface area contributed by atoms with Gasteiger partial charge in [-0.25, -0.2) is 0 Å². The van der Waals surface area contributed by atoms with Gasteiger partial charge in [-0.2, -0.15) is 0 Å². The van der Waals surface area contributed by atoms with Gasteiger partial charge >= 0.3 is 0 Å². The van der Waals surface area contributed by atoms with E-state index in [1.165, 1.54) is 32.5 Å². The molecule has 19 heavy (non-hydrogen) atoms. The van der Waals surface area contributed by atoms with E-state index < -0.39 is 0 Å². The number of hydrogen-bond acceptors (Lipinski definition) is 2. The van der Waals surface area contributed by atoms with Crippen molar-refractivity contribution in [1.82, 2.24) is 0 Å². The second-order valence-corrected chi connectivity index (χ2v) is 6.13. The fourth-order valence-electron chi connectivity index (χ4n) is 2.53. The number of anilines is 2. The van der Waals surface area contributed by atoms with Gasteiger partial charge in [-0.1, -0.05) is 24.3 Å². The van der Waals surface area contributed by atoms with Gasteiger partial charge in [-0.15, -0.1) is 0 Å². The van der Waals surface area contributed by atoms with Crippen LogP contribution in [-0.2, 0) is 13.0 Å². The van der Waals surface area contributed by atoms with Gasteiger partial charge in [0.25, 0.3) is 0 Å². The topological polar surface area (TPSA) is 15.3 Å². The van der Waals surface area contributed by atoms with Crippen LogP contribution in [0.1, 0.15) is 11.1 Å². The Morgan fingerprint density at radius 1 is 1.21 bits per heavy atom. The van der Waals surface area contributed by atoms with Crippen LogP contribution >= 0.6 is 22.6 Å². The van der Waals surface area contributed by atoms with Crippen LogP contribution in [-0.4, -0.2) is 13.6 Å². The van der Waals surface area contributed by atoms with Gasteiger partial charge in [0.15, 0.2) is 0 Å². The lowest BCUT2D eigenvalue weighted by atomic mass is 10.1. The van der Waals surface area contributed by atoms with Crippen LogP contribution in [0.2, 0.25) is 0 Å². The van der Waals surface area contributed by atoms with Crippen LogP contribution in [0.4, 0.5) is 11.4 Å². The number of nitrogens with zero attached hydrogens (tertiary/aromatic N) is 1. The Morgan fingerprint density at radius 3 is 2.89 bits per heavy atom. The molecule has 0 saturated carbocycles. The number of likely N-dealkylation sites (N-methyl/N-ethyl adjacent to an activating group) is 1. The Labute approximate surface area is 128 Å². The Bertz CT molecular complexity index is 595. The summed E-state index contributed by atoms with van der Waals surface area (Å²) >= 11 is 2.37. The number of hydrogen-bond donors (Lipinski definition) is 1. The second-order valence-electron chi connectivity index (χ2n) is 4.97. The molecule has 3 rings (SSSR count). The molecule has 0 amide bonds. The summed E-state index contributed by atoms with van der Waals surface area (Å²) in [6.45, 7) is 2.03. The number of rotatable bonds is 3. The lowest BCUT2D eigenvalue weighted by Crippen LogP contribution is -2.12. The molecule has 0 bridgehead atoms. The summed E-state index contributed by atoms with van der Waals surface area (Å²) in [4.78, 5) is 2.33. The van der Waals surface area contributed by atoms with E-state index in [-0.39, 0.29) is 0 Å². The van der Waals surface area contributed by atoms with Crippen LogP contribution in [0.25, 0.3) is 0 Å². The first-order chi connectivity index (χ1) is 9.24. The van der Waals surface area contributed by atoms with Crippen molar-refractivity contribution < 1.29 is 0 Å². The van der Waals surface area contributed by atoms with E-state index in [0.29, 0.717) is 0 Å². The first-order valence-corrected chi connectivity index (χ1v) is 7.63. The first-order valence-electron chi connectivity index (χ1n) is 6.55. The number of halogens is 1. The molecule has 0 spiro atoms. The van der Waals surface area contributed by atoms with Crippen molar-refractivity contribution in [2.45, 2.75) is 13.0 Å². The maximum atomic E-state index is 3.51. The van der Waals surface area contributed by atoms with E-state index in [1.807, 2.05) is 0 Å². The van der Waals surface area contributed by atoms with Crippen LogP contribution in [0, 0.1) is 3.57 Å². The van der Waals surface area contributed by atoms with E-state index in [0.717, 1.165) is 13.1 Å². The average Bonchev–Trinajstić information content (AvgIpc) is 2.79. The molecule has 1 aliphatic rings. The van der Waals surface area contributed by atoms with Gasteiger partial charge in [-0.05, 0) is 58.3 Å². The highest BCUT2D eigenvalue weighted by molar-refractivity contribution is 14.1. The molecule has 2 aromatic rings. The Hall–Kier alpha value is -1.23. The number of para-hydroxylation sites is 1. The molecule has 0 unspecified atom stereocenters. The van der Waals surface area contributed by atoms with E-state index in [9.17, 15) is 0 Å². The minimum Gasteiger partial charge on any atom is -0.380 e. The van der Waals surface area contributed by atoms with E-state index in [4.69, 9.17) is 0 Å². The fraction of sp³-hybridized carbons (Fsp3) is 0.250. The third-order valence-corrected chi connectivity index (χ3v) is 4.57. The molecule has 0 atom stereocenters. The molecule has 2 nitrogen and oxygen atoms in total. The lowest BCUT2D eigenvalue weighted by molar-refractivity contribution is 0.955. The maximum absolute atomic E-state index is 3.51. The Morgan fingerprint density at radius 2 is 2.05 bits per heavy atom. The summed E-state index contributed by atoms with van der Waals surface area (Å²) in [6, 6.07) is 15.2. The molecule has 98 valence electrons. The summed E-state index contributed by atoms with van der Waals surface area (Å²) in [5.41, 5.74) is 5.43. The molecule has 0 radical (unpaired) electrons. The third kappa shape index (κ3) is 2.71. The molecule has 0 saturated heterocycles. The van der Waals surface area contributed by atoms with E-state index in [1.54, 1.807) is 0 Å². The highest BCUT2D eigenvalue weighted by atomic mass is 127. The zero-order valence-electron chi connectivity index (χ0n) is 11.0. The SMILES string of the molecule is CN1CCc2cc(CNc3ccccc3I)ccc21. The summed E-state index contributed by atoms with van der Waals surface area (Å²) in [7, 11) is 2.16. The molecule has 3 heteroatoms. The minimum absolute atomic E-state index is 0.886.